The highest BCUT2D eigenvalue weighted by Gasteiger charge is 2.17. The molecule has 0 fully saturated rings. The zero-order chi connectivity index (χ0) is 14.5. The minimum absolute atomic E-state index is 0.159. The Labute approximate surface area is 115 Å². The molecule has 0 unspecified atom stereocenters. The fraction of sp³-hybridized carbons (Fsp3) is 0.333. The highest BCUT2D eigenvalue weighted by molar-refractivity contribution is 5.77. The van der Waals surface area contributed by atoms with E-state index in [1.54, 1.807) is 23.4 Å². The van der Waals surface area contributed by atoms with Crippen LogP contribution in [0.25, 0.3) is 5.82 Å². The van der Waals surface area contributed by atoms with Crippen molar-refractivity contribution >= 4 is 17.5 Å². The molecule has 0 spiro atoms. The molecule has 0 radical (unpaired) electrons. The van der Waals surface area contributed by atoms with Gasteiger partial charge in [0, 0.05) is 18.9 Å². The Bertz CT molecular complexity index is 584. The molecule has 2 aromatic heterocycles. The van der Waals surface area contributed by atoms with Gasteiger partial charge in [0.2, 0.25) is 0 Å². The van der Waals surface area contributed by atoms with Gasteiger partial charge in [-0.3, -0.25) is 4.79 Å². The van der Waals surface area contributed by atoms with Crippen molar-refractivity contribution < 1.29 is 9.90 Å². The Hall–Kier alpha value is -2.64. The summed E-state index contributed by atoms with van der Waals surface area (Å²) < 4.78 is 1.52. The number of hydrogen-bond acceptors (Lipinski definition) is 6. The molecule has 0 amide bonds. The molecule has 0 aliphatic heterocycles. The van der Waals surface area contributed by atoms with E-state index in [2.05, 4.69) is 15.1 Å². The molecule has 8 nitrogen and oxygen atoms in total. The predicted octanol–water partition coefficient (Wildman–Crippen LogP) is 0.545. The van der Waals surface area contributed by atoms with Gasteiger partial charge in [0.25, 0.3) is 0 Å². The second-order valence-electron chi connectivity index (χ2n) is 4.20. The summed E-state index contributed by atoms with van der Waals surface area (Å²) in [5.74, 6) is -0.0849. The first kappa shape index (κ1) is 13.8. The van der Waals surface area contributed by atoms with E-state index < -0.39 is 5.97 Å². The summed E-state index contributed by atoms with van der Waals surface area (Å²) in [6.45, 7) is 2.35. The van der Waals surface area contributed by atoms with E-state index >= 15 is 0 Å². The third kappa shape index (κ3) is 2.85. The lowest BCUT2D eigenvalue weighted by Crippen LogP contribution is -2.32. The van der Waals surface area contributed by atoms with Crippen molar-refractivity contribution in [2.75, 3.05) is 23.7 Å². The summed E-state index contributed by atoms with van der Waals surface area (Å²) in [4.78, 5) is 20.8. The van der Waals surface area contributed by atoms with Crippen LogP contribution in [-0.2, 0) is 4.79 Å². The van der Waals surface area contributed by atoms with Gasteiger partial charge >= 0.3 is 5.97 Å². The summed E-state index contributed by atoms with van der Waals surface area (Å²) in [5, 5.41) is 13.0. The highest BCUT2D eigenvalue weighted by Crippen LogP contribution is 2.24. The molecule has 8 heteroatoms. The fourth-order valence-electron chi connectivity index (χ4n) is 1.90. The number of carboxylic acid groups (broad SMARTS) is 1. The van der Waals surface area contributed by atoms with Crippen molar-refractivity contribution in [2.24, 2.45) is 0 Å². The maximum Gasteiger partial charge on any atom is 0.323 e. The number of hydrogen-bond donors (Lipinski definition) is 2. The first-order chi connectivity index (χ1) is 9.63. The average Bonchev–Trinajstić information content (AvgIpc) is 2.92. The van der Waals surface area contributed by atoms with Crippen LogP contribution in [0.1, 0.15) is 13.3 Å². The van der Waals surface area contributed by atoms with Crippen LogP contribution in [0.5, 0.6) is 0 Å². The van der Waals surface area contributed by atoms with Crippen LogP contribution in [-0.4, -0.2) is 43.9 Å². The first-order valence-corrected chi connectivity index (χ1v) is 6.20. The molecule has 2 aromatic rings. The summed E-state index contributed by atoms with van der Waals surface area (Å²) in [6, 6.07) is 1.75. The monoisotopic (exact) mass is 276 g/mol. The molecule has 0 aromatic carbocycles. The van der Waals surface area contributed by atoms with E-state index in [9.17, 15) is 4.79 Å². The van der Waals surface area contributed by atoms with Gasteiger partial charge in [0.15, 0.2) is 11.6 Å². The van der Waals surface area contributed by atoms with E-state index in [-0.39, 0.29) is 6.54 Å². The quantitative estimate of drug-likeness (QED) is 0.792. The second-order valence-corrected chi connectivity index (χ2v) is 4.20. The maximum absolute atomic E-state index is 10.9. The van der Waals surface area contributed by atoms with Crippen LogP contribution in [0, 0.1) is 0 Å². The number of aliphatic carboxylic acids is 1. The van der Waals surface area contributed by atoms with E-state index in [4.69, 9.17) is 10.8 Å². The molecule has 2 heterocycles. The van der Waals surface area contributed by atoms with E-state index in [0.717, 1.165) is 6.42 Å². The lowest BCUT2D eigenvalue weighted by atomic mass is 10.3. The molecule has 3 N–H and O–H groups in total. The van der Waals surface area contributed by atoms with Crippen LogP contribution >= 0.6 is 0 Å². The number of rotatable bonds is 6. The van der Waals surface area contributed by atoms with Crippen LogP contribution in [0.15, 0.2) is 24.8 Å². The number of nitrogens with zero attached hydrogens (tertiary/aromatic N) is 5. The largest absolute Gasteiger partial charge is 0.480 e. The van der Waals surface area contributed by atoms with Crippen molar-refractivity contribution in [3.63, 3.8) is 0 Å². The third-order valence-electron chi connectivity index (χ3n) is 2.68. The standard InChI is InChI=1S/C12H16N6O2/c1-2-5-17(7-9(19)20)11-10(13)12(15-8-14-11)18-6-3-4-16-18/h3-4,6,8H,2,5,7,13H2,1H3,(H,19,20). The van der Waals surface area contributed by atoms with Crippen LogP contribution in [0.2, 0.25) is 0 Å². The van der Waals surface area contributed by atoms with Gasteiger partial charge in [-0.1, -0.05) is 6.92 Å². The van der Waals surface area contributed by atoms with Gasteiger partial charge in [0.1, 0.15) is 18.6 Å². The Balaban J connectivity index is 2.40. The molecule has 0 aliphatic carbocycles. The fourth-order valence-corrected chi connectivity index (χ4v) is 1.90. The molecule has 0 saturated heterocycles. The molecule has 0 saturated carbocycles. The van der Waals surface area contributed by atoms with Crippen LogP contribution < -0.4 is 10.6 Å². The van der Waals surface area contributed by atoms with Gasteiger partial charge in [-0.15, -0.1) is 0 Å². The molecule has 2 rings (SSSR count). The Kier molecular flexibility index (Phi) is 4.14. The molecule has 0 bridgehead atoms. The number of aromatic nitrogens is 4. The number of nitrogens with two attached hydrogens (primary N) is 1. The van der Waals surface area contributed by atoms with Gasteiger partial charge < -0.3 is 15.7 Å². The zero-order valence-corrected chi connectivity index (χ0v) is 11.1. The first-order valence-electron chi connectivity index (χ1n) is 6.20. The number of carboxylic acids is 1. The predicted molar refractivity (Wildman–Crippen MR) is 73.7 cm³/mol. The summed E-state index contributed by atoms with van der Waals surface area (Å²) in [6.07, 6.45) is 5.47. The maximum atomic E-state index is 10.9. The summed E-state index contributed by atoms with van der Waals surface area (Å²) in [5.41, 5.74) is 6.37. The van der Waals surface area contributed by atoms with E-state index in [1.165, 1.54) is 11.0 Å². The van der Waals surface area contributed by atoms with E-state index in [1.807, 2.05) is 6.92 Å². The van der Waals surface area contributed by atoms with Crippen molar-refractivity contribution in [3.05, 3.63) is 24.8 Å². The molecular weight excluding hydrogens is 260 g/mol. The normalized spacial score (nSPS) is 10.4. The second kappa shape index (κ2) is 6.00. The Morgan fingerprint density at radius 1 is 1.50 bits per heavy atom. The molecule has 0 atom stereocenters. The van der Waals surface area contributed by atoms with Gasteiger partial charge in [-0.2, -0.15) is 5.10 Å². The molecule has 0 aliphatic rings. The highest BCUT2D eigenvalue weighted by atomic mass is 16.4. The Morgan fingerprint density at radius 2 is 2.30 bits per heavy atom. The average molecular weight is 276 g/mol. The summed E-state index contributed by atoms with van der Waals surface area (Å²) >= 11 is 0. The minimum atomic E-state index is -0.933. The minimum Gasteiger partial charge on any atom is -0.480 e. The smallest absolute Gasteiger partial charge is 0.323 e. The third-order valence-corrected chi connectivity index (χ3v) is 2.68. The van der Waals surface area contributed by atoms with Crippen molar-refractivity contribution in [1.29, 1.82) is 0 Å². The Morgan fingerprint density at radius 3 is 2.90 bits per heavy atom. The molecular formula is C12H16N6O2. The van der Waals surface area contributed by atoms with Crippen LogP contribution in [0.4, 0.5) is 11.5 Å². The van der Waals surface area contributed by atoms with Crippen LogP contribution in [0.3, 0.4) is 0 Å². The number of anilines is 2. The van der Waals surface area contributed by atoms with Crippen molar-refractivity contribution in [3.8, 4) is 5.82 Å². The van der Waals surface area contributed by atoms with E-state index in [0.29, 0.717) is 23.9 Å². The number of nitrogen functional groups attached to an aromatic ring is 1. The summed E-state index contributed by atoms with van der Waals surface area (Å²) in [7, 11) is 0. The lowest BCUT2D eigenvalue weighted by molar-refractivity contribution is -0.135. The van der Waals surface area contributed by atoms with Gasteiger partial charge in [-0.05, 0) is 12.5 Å². The van der Waals surface area contributed by atoms with Gasteiger partial charge in [-0.25, -0.2) is 14.6 Å². The SMILES string of the molecule is CCCN(CC(=O)O)c1ncnc(-n2cccn2)c1N. The van der Waals surface area contributed by atoms with Gasteiger partial charge in [0.05, 0.1) is 0 Å². The molecule has 106 valence electrons. The van der Waals surface area contributed by atoms with Crippen molar-refractivity contribution in [1.82, 2.24) is 19.7 Å². The lowest BCUT2D eigenvalue weighted by Gasteiger charge is -2.22. The van der Waals surface area contributed by atoms with Crippen molar-refractivity contribution in [2.45, 2.75) is 13.3 Å². The zero-order valence-electron chi connectivity index (χ0n) is 11.1. The topological polar surface area (TPSA) is 110 Å². The number of carbonyl (C=O) groups is 1. The molecule has 20 heavy (non-hydrogen) atoms.